The third kappa shape index (κ3) is 9.57. The number of carbonyl (C=O) groups is 3. The minimum absolute atomic E-state index is 0.00435. The van der Waals surface area contributed by atoms with E-state index in [2.05, 4.69) is 35.0 Å². The SMILES string of the molecule is CCCCCCCCCCC(=O)Nc1cc2c(c(NC(=O)NC(Cc3ccccc3)C3CCCC3)c1C(C)C)OCCC2=O. The molecule has 1 atom stereocenters. The van der Waals surface area contributed by atoms with Crippen molar-refractivity contribution in [3.63, 3.8) is 0 Å². The van der Waals surface area contributed by atoms with Crippen molar-refractivity contribution in [1.82, 2.24) is 5.32 Å². The van der Waals surface area contributed by atoms with Gasteiger partial charge in [0.15, 0.2) is 11.5 Å². The number of fused-ring (bicyclic) bond motifs is 1. The molecule has 2 aromatic rings. The van der Waals surface area contributed by atoms with Crippen LogP contribution in [-0.2, 0) is 11.2 Å². The molecule has 1 aliphatic carbocycles. The molecular formula is C37H53N3O4. The standard InChI is InChI=1S/C37H53N3O4/c1-4-5-6-7-8-9-10-14-21-33(42)38-31-25-29-32(41)22-23-44-36(29)35(34(31)26(2)3)40-37(43)39-30(28-19-15-16-20-28)24-27-17-12-11-13-18-27/h11-13,17-18,25-26,28,30H,4-10,14-16,19-24H2,1-3H3,(H,38,42)(H2,39,40,43). The highest BCUT2D eigenvalue weighted by Crippen LogP contribution is 2.44. The molecule has 1 unspecified atom stereocenters. The van der Waals surface area contributed by atoms with Gasteiger partial charge < -0.3 is 20.7 Å². The number of hydrogen-bond donors (Lipinski definition) is 3. The second kappa shape index (κ2) is 17.2. The lowest BCUT2D eigenvalue weighted by Crippen LogP contribution is -2.43. The summed E-state index contributed by atoms with van der Waals surface area (Å²) in [5.41, 5.74) is 3.44. The molecule has 4 rings (SSSR count). The van der Waals surface area contributed by atoms with E-state index in [0.717, 1.165) is 44.1 Å². The van der Waals surface area contributed by atoms with Gasteiger partial charge in [-0.2, -0.15) is 0 Å². The summed E-state index contributed by atoms with van der Waals surface area (Å²) in [6, 6.07) is 11.7. The average Bonchev–Trinajstić information content (AvgIpc) is 3.54. The molecule has 1 saturated carbocycles. The van der Waals surface area contributed by atoms with E-state index in [0.29, 0.717) is 35.0 Å². The number of urea groups is 1. The lowest BCUT2D eigenvalue weighted by Gasteiger charge is -2.28. The third-order valence-electron chi connectivity index (χ3n) is 9.13. The molecule has 44 heavy (non-hydrogen) atoms. The predicted octanol–water partition coefficient (Wildman–Crippen LogP) is 9.17. The van der Waals surface area contributed by atoms with E-state index in [1.54, 1.807) is 6.07 Å². The van der Waals surface area contributed by atoms with Crippen LogP contribution in [0.2, 0.25) is 0 Å². The number of anilines is 2. The predicted molar refractivity (Wildman–Crippen MR) is 179 cm³/mol. The smallest absolute Gasteiger partial charge is 0.319 e. The van der Waals surface area contributed by atoms with Gasteiger partial charge in [-0.3, -0.25) is 9.59 Å². The Morgan fingerprint density at radius 1 is 0.932 bits per heavy atom. The molecule has 1 fully saturated rings. The van der Waals surface area contributed by atoms with Crippen LogP contribution < -0.4 is 20.7 Å². The first kappa shape index (κ1) is 33.5. The lowest BCUT2D eigenvalue weighted by molar-refractivity contribution is -0.116. The molecule has 0 saturated heterocycles. The Bertz CT molecular complexity index is 1240. The van der Waals surface area contributed by atoms with Crippen LogP contribution in [-0.4, -0.2) is 30.4 Å². The number of Topliss-reactive ketones (excluding diaryl/α,β-unsaturated/α-hetero) is 1. The molecule has 1 heterocycles. The molecule has 0 aromatic heterocycles. The quantitative estimate of drug-likeness (QED) is 0.167. The Balaban J connectivity index is 1.49. The summed E-state index contributed by atoms with van der Waals surface area (Å²) in [6.07, 6.45) is 15.4. The topological polar surface area (TPSA) is 96.5 Å². The maximum atomic E-state index is 13.7. The van der Waals surface area contributed by atoms with Crippen molar-refractivity contribution in [2.45, 2.75) is 129 Å². The summed E-state index contributed by atoms with van der Waals surface area (Å²) in [4.78, 5) is 39.8. The van der Waals surface area contributed by atoms with E-state index in [4.69, 9.17) is 4.74 Å². The summed E-state index contributed by atoms with van der Waals surface area (Å²) in [5, 5.41) is 9.47. The maximum absolute atomic E-state index is 13.7. The van der Waals surface area contributed by atoms with Crippen LogP contribution in [0.15, 0.2) is 36.4 Å². The molecule has 0 spiro atoms. The van der Waals surface area contributed by atoms with Crippen LogP contribution in [0.5, 0.6) is 5.75 Å². The van der Waals surface area contributed by atoms with Crippen LogP contribution >= 0.6 is 0 Å². The molecule has 3 amide bonds. The molecular weight excluding hydrogens is 550 g/mol. The fraction of sp³-hybridized carbons (Fsp3) is 0.595. The summed E-state index contributed by atoms with van der Waals surface area (Å²) >= 11 is 0. The first-order chi connectivity index (χ1) is 21.4. The number of unbranched alkanes of at least 4 members (excludes halogenated alkanes) is 7. The van der Waals surface area contributed by atoms with Gasteiger partial charge in [-0.05, 0) is 49.1 Å². The Morgan fingerprint density at radius 3 is 2.30 bits per heavy atom. The maximum Gasteiger partial charge on any atom is 0.319 e. The summed E-state index contributed by atoms with van der Waals surface area (Å²) in [5.74, 6) is 0.670. The number of carbonyl (C=O) groups excluding carboxylic acids is 3. The van der Waals surface area contributed by atoms with E-state index < -0.39 is 0 Å². The monoisotopic (exact) mass is 603 g/mol. The van der Waals surface area contributed by atoms with Crippen molar-refractivity contribution >= 4 is 29.1 Å². The average molecular weight is 604 g/mol. The number of ether oxygens (including phenoxy) is 1. The van der Waals surface area contributed by atoms with Crippen LogP contribution in [0.4, 0.5) is 16.2 Å². The Labute approximate surface area is 264 Å². The molecule has 0 radical (unpaired) electrons. The van der Waals surface area contributed by atoms with E-state index in [1.165, 1.54) is 50.5 Å². The van der Waals surface area contributed by atoms with Gasteiger partial charge >= 0.3 is 6.03 Å². The van der Waals surface area contributed by atoms with Gasteiger partial charge in [0.25, 0.3) is 0 Å². The highest BCUT2D eigenvalue weighted by molar-refractivity contribution is 6.07. The number of nitrogens with one attached hydrogen (secondary N) is 3. The Hall–Kier alpha value is -3.35. The number of amides is 3. The first-order valence-electron chi connectivity index (χ1n) is 17.2. The van der Waals surface area contributed by atoms with Gasteiger partial charge in [-0.1, -0.05) is 109 Å². The summed E-state index contributed by atoms with van der Waals surface area (Å²) in [6.45, 7) is 6.55. The van der Waals surface area contributed by atoms with Crippen LogP contribution in [0.3, 0.4) is 0 Å². The number of ketones is 1. The van der Waals surface area contributed by atoms with Gasteiger partial charge in [0.2, 0.25) is 5.91 Å². The highest BCUT2D eigenvalue weighted by atomic mass is 16.5. The second-order valence-corrected chi connectivity index (χ2v) is 13.0. The fourth-order valence-electron chi connectivity index (χ4n) is 6.76. The van der Waals surface area contributed by atoms with Gasteiger partial charge in [0.05, 0.1) is 17.9 Å². The minimum atomic E-state index is -0.314. The molecule has 2 aliphatic rings. The number of hydrogen-bond acceptors (Lipinski definition) is 4. The van der Waals surface area contributed by atoms with Crippen molar-refractivity contribution < 1.29 is 19.1 Å². The van der Waals surface area contributed by atoms with Crippen molar-refractivity contribution in [3.8, 4) is 5.75 Å². The second-order valence-electron chi connectivity index (χ2n) is 13.0. The van der Waals surface area contributed by atoms with E-state index >= 15 is 0 Å². The van der Waals surface area contributed by atoms with Crippen LogP contribution in [0, 0.1) is 5.92 Å². The number of rotatable bonds is 16. The number of benzene rings is 2. The van der Waals surface area contributed by atoms with Crippen LogP contribution in [0.25, 0.3) is 0 Å². The molecule has 0 bridgehead atoms. The van der Waals surface area contributed by atoms with Gasteiger partial charge in [0.1, 0.15) is 0 Å². The molecule has 3 N–H and O–H groups in total. The van der Waals surface area contributed by atoms with Gasteiger partial charge in [-0.25, -0.2) is 4.79 Å². The molecule has 2 aromatic carbocycles. The lowest BCUT2D eigenvalue weighted by atomic mass is 9.92. The van der Waals surface area contributed by atoms with E-state index in [-0.39, 0.29) is 42.7 Å². The van der Waals surface area contributed by atoms with Crippen molar-refractivity contribution in [2.75, 3.05) is 17.2 Å². The Morgan fingerprint density at radius 2 is 1.61 bits per heavy atom. The molecule has 7 nitrogen and oxygen atoms in total. The summed E-state index contributed by atoms with van der Waals surface area (Å²) in [7, 11) is 0. The first-order valence-corrected chi connectivity index (χ1v) is 17.2. The van der Waals surface area contributed by atoms with Gasteiger partial charge in [0, 0.05) is 30.1 Å². The van der Waals surface area contributed by atoms with Gasteiger partial charge in [-0.15, -0.1) is 0 Å². The van der Waals surface area contributed by atoms with E-state index in [9.17, 15) is 14.4 Å². The third-order valence-corrected chi connectivity index (χ3v) is 9.13. The molecule has 1 aliphatic heterocycles. The highest BCUT2D eigenvalue weighted by Gasteiger charge is 2.31. The fourth-order valence-corrected chi connectivity index (χ4v) is 6.76. The van der Waals surface area contributed by atoms with Crippen LogP contribution in [0.1, 0.15) is 138 Å². The Kier molecular flexibility index (Phi) is 13.1. The largest absolute Gasteiger partial charge is 0.490 e. The summed E-state index contributed by atoms with van der Waals surface area (Å²) < 4.78 is 6.03. The zero-order chi connectivity index (χ0) is 31.3. The zero-order valence-corrected chi connectivity index (χ0v) is 27.1. The molecule has 7 heteroatoms. The molecule has 240 valence electrons. The normalized spacial score (nSPS) is 15.5. The minimum Gasteiger partial charge on any atom is -0.490 e. The van der Waals surface area contributed by atoms with Crippen molar-refractivity contribution in [2.24, 2.45) is 5.92 Å². The zero-order valence-electron chi connectivity index (χ0n) is 27.1. The van der Waals surface area contributed by atoms with Crippen molar-refractivity contribution in [3.05, 3.63) is 53.1 Å². The van der Waals surface area contributed by atoms with Crippen molar-refractivity contribution in [1.29, 1.82) is 0 Å². The van der Waals surface area contributed by atoms with E-state index in [1.807, 2.05) is 32.0 Å².